The Hall–Kier alpha value is -1.74. The molecule has 3 heteroatoms. The summed E-state index contributed by atoms with van der Waals surface area (Å²) in [5.74, 6) is 1.41. The van der Waals surface area contributed by atoms with Crippen LogP contribution in [0.25, 0.3) is 11.3 Å². The maximum atomic E-state index is 4.55. The van der Waals surface area contributed by atoms with Crippen LogP contribution in [0.1, 0.15) is 23.0 Å². The maximum absolute atomic E-state index is 4.55. The first-order valence-electron chi connectivity index (χ1n) is 6.36. The highest BCUT2D eigenvalue weighted by Crippen LogP contribution is 2.23. The first kappa shape index (κ1) is 11.4. The van der Waals surface area contributed by atoms with E-state index in [2.05, 4.69) is 52.5 Å². The zero-order valence-corrected chi connectivity index (χ0v) is 10.8. The molecule has 2 aromatic rings. The third-order valence-corrected chi connectivity index (χ3v) is 3.40. The van der Waals surface area contributed by atoms with Gasteiger partial charge in [0.1, 0.15) is 5.82 Å². The molecule has 0 radical (unpaired) electrons. The number of hydrogen-bond donors (Lipinski definition) is 1. The topological polar surface area (TPSA) is 37.8 Å². The van der Waals surface area contributed by atoms with Crippen LogP contribution in [0.5, 0.6) is 0 Å². The standard InChI is InChI=1S/C15H17N3/c1-10-3-5-12(6-4-10)14-7-15(13-8-16-9-13)18-11(2)17-14/h3-7,13,16H,8-9H2,1-2H3. The van der Waals surface area contributed by atoms with Gasteiger partial charge < -0.3 is 5.32 Å². The second kappa shape index (κ2) is 4.50. The molecule has 1 saturated heterocycles. The molecule has 0 spiro atoms. The van der Waals surface area contributed by atoms with Crippen LogP contribution in [0.4, 0.5) is 0 Å². The Morgan fingerprint density at radius 1 is 1.06 bits per heavy atom. The van der Waals surface area contributed by atoms with Gasteiger partial charge in [0.05, 0.1) is 11.4 Å². The Kier molecular flexibility index (Phi) is 2.84. The third-order valence-electron chi connectivity index (χ3n) is 3.40. The lowest BCUT2D eigenvalue weighted by atomic mass is 9.97. The van der Waals surface area contributed by atoms with Crippen molar-refractivity contribution >= 4 is 0 Å². The number of benzene rings is 1. The van der Waals surface area contributed by atoms with Crippen molar-refractivity contribution in [3.8, 4) is 11.3 Å². The molecule has 92 valence electrons. The summed E-state index contributed by atoms with van der Waals surface area (Å²) < 4.78 is 0. The minimum absolute atomic E-state index is 0.552. The Bertz CT molecular complexity index is 556. The van der Waals surface area contributed by atoms with Gasteiger partial charge >= 0.3 is 0 Å². The van der Waals surface area contributed by atoms with Crippen LogP contribution in [0.2, 0.25) is 0 Å². The number of rotatable bonds is 2. The van der Waals surface area contributed by atoms with E-state index in [1.807, 2.05) is 6.92 Å². The van der Waals surface area contributed by atoms with Crippen LogP contribution in [-0.2, 0) is 0 Å². The Morgan fingerprint density at radius 3 is 2.39 bits per heavy atom. The van der Waals surface area contributed by atoms with Gasteiger partial charge in [-0.25, -0.2) is 9.97 Å². The van der Waals surface area contributed by atoms with Crippen molar-refractivity contribution in [2.24, 2.45) is 0 Å². The average molecular weight is 239 g/mol. The molecule has 0 bridgehead atoms. The maximum Gasteiger partial charge on any atom is 0.126 e. The van der Waals surface area contributed by atoms with Crippen molar-refractivity contribution < 1.29 is 0 Å². The lowest BCUT2D eigenvalue weighted by Gasteiger charge is -2.26. The van der Waals surface area contributed by atoms with Gasteiger partial charge in [-0.15, -0.1) is 0 Å². The molecule has 1 N–H and O–H groups in total. The van der Waals surface area contributed by atoms with E-state index in [1.54, 1.807) is 0 Å². The second-order valence-electron chi connectivity index (χ2n) is 4.95. The zero-order valence-electron chi connectivity index (χ0n) is 10.8. The first-order valence-corrected chi connectivity index (χ1v) is 6.36. The number of aromatic nitrogens is 2. The second-order valence-corrected chi connectivity index (χ2v) is 4.95. The van der Waals surface area contributed by atoms with Gasteiger partial charge in [-0.2, -0.15) is 0 Å². The quantitative estimate of drug-likeness (QED) is 0.874. The molecule has 3 nitrogen and oxygen atoms in total. The first-order chi connectivity index (χ1) is 8.72. The van der Waals surface area contributed by atoms with E-state index in [9.17, 15) is 0 Å². The van der Waals surface area contributed by atoms with Crippen LogP contribution in [0, 0.1) is 13.8 Å². The summed E-state index contributed by atoms with van der Waals surface area (Å²) in [7, 11) is 0. The van der Waals surface area contributed by atoms with Crippen LogP contribution < -0.4 is 5.32 Å². The zero-order chi connectivity index (χ0) is 12.5. The average Bonchev–Trinajstić information content (AvgIpc) is 2.26. The SMILES string of the molecule is Cc1ccc(-c2cc(C3CNC3)nc(C)n2)cc1. The van der Waals surface area contributed by atoms with Gasteiger partial charge in [-0.3, -0.25) is 0 Å². The van der Waals surface area contributed by atoms with Crippen molar-refractivity contribution in [2.75, 3.05) is 13.1 Å². The highest BCUT2D eigenvalue weighted by atomic mass is 15.0. The van der Waals surface area contributed by atoms with Gasteiger partial charge in [-0.1, -0.05) is 29.8 Å². The molecule has 1 aromatic carbocycles. The third kappa shape index (κ3) is 2.14. The van der Waals surface area contributed by atoms with E-state index in [1.165, 1.54) is 11.1 Å². The molecule has 0 aliphatic carbocycles. The normalized spacial score (nSPS) is 15.4. The number of nitrogens with one attached hydrogen (secondary N) is 1. The summed E-state index contributed by atoms with van der Waals surface area (Å²) in [5, 5.41) is 3.29. The van der Waals surface area contributed by atoms with Crippen molar-refractivity contribution in [1.82, 2.24) is 15.3 Å². The van der Waals surface area contributed by atoms with E-state index in [-0.39, 0.29) is 0 Å². The molecule has 1 aromatic heterocycles. The van der Waals surface area contributed by atoms with Crippen molar-refractivity contribution in [1.29, 1.82) is 0 Å². The summed E-state index contributed by atoms with van der Waals surface area (Å²) in [5.41, 5.74) is 4.63. The van der Waals surface area contributed by atoms with Crippen molar-refractivity contribution in [3.05, 3.63) is 47.4 Å². The minimum atomic E-state index is 0.552. The predicted octanol–water partition coefficient (Wildman–Crippen LogP) is 2.45. The van der Waals surface area contributed by atoms with Gasteiger partial charge in [0, 0.05) is 24.6 Å². The summed E-state index contributed by atoms with van der Waals surface area (Å²) in [6.07, 6.45) is 0. The fraction of sp³-hybridized carbons (Fsp3) is 0.333. The highest BCUT2D eigenvalue weighted by molar-refractivity contribution is 5.60. The van der Waals surface area contributed by atoms with Crippen LogP contribution in [-0.4, -0.2) is 23.1 Å². The number of hydrogen-bond acceptors (Lipinski definition) is 3. The van der Waals surface area contributed by atoms with Gasteiger partial charge in [0.25, 0.3) is 0 Å². The largest absolute Gasteiger partial charge is 0.315 e. The van der Waals surface area contributed by atoms with E-state index in [0.717, 1.165) is 30.3 Å². The molecule has 0 amide bonds. The smallest absolute Gasteiger partial charge is 0.126 e. The molecule has 0 saturated carbocycles. The van der Waals surface area contributed by atoms with E-state index in [0.29, 0.717) is 5.92 Å². The Balaban J connectivity index is 2.00. The number of nitrogens with zero attached hydrogens (tertiary/aromatic N) is 2. The van der Waals surface area contributed by atoms with Crippen LogP contribution >= 0.6 is 0 Å². The molecule has 3 rings (SSSR count). The summed E-state index contributed by atoms with van der Waals surface area (Å²) in [6.45, 7) is 6.13. The molecule has 1 fully saturated rings. The fourth-order valence-corrected chi connectivity index (χ4v) is 2.17. The van der Waals surface area contributed by atoms with Gasteiger partial charge in [0.2, 0.25) is 0 Å². The van der Waals surface area contributed by atoms with Crippen molar-refractivity contribution in [2.45, 2.75) is 19.8 Å². The summed E-state index contributed by atoms with van der Waals surface area (Å²) >= 11 is 0. The summed E-state index contributed by atoms with van der Waals surface area (Å²) in [6, 6.07) is 10.6. The fourth-order valence-electron chi connectivity index (χ4n) is 2.17. The Labute approximate surface area is 107 Å². The number of aryl methyl sites for hydroxylation is 2. The monoisotopic (exact) mass is 239 g/mol. The van der Waals surface area contributed by atoms with Crippen LogP contribution in [0.3, 0.4) is 0 Å². The predicted molar refractivity (Wildman–Crippen MR) is 72.6 cm³/mol. The highest BCUT2D eigenvalue weighted by Gasteiger charge is 2.21. The van der Waals surface area contributed by atoms with E-state index in [4.69, 9.17) is 0 Å². The molecule has 0 atom stereocenters. The molecular weight excluding hydrogens is 222 g/mol. The van der Waals surface area contributed by atoms with Gasteiger partial charge in [-0.05, 0) is 19.9 Å². The molecule has 18 heavy (non-hydrogen) atoms. The van der Waals surface area contributed by atoms with Crippen LogP contribution in [0.15, 0.2) is 30.3 Å². The minimum Gasteiger partial charge on any atom is -0.315 e. The lowest BCUT2D eigenvalue weighted by Crippen LogP contribution is -2.40. The molecule has 2 heterocycles. The summed E-state index contributed by atoms with van der Waals surface area (Å²) in [4.78, 5) is 9.09. The Morgan fingerprint density at radius 2 is 1.78 bits per heavy atom. The van der Waals surface area contributed by atoms with Gasteiger partial charge in [0.15, 0.2) is 0 Å². The lowest BCUT2D eigenvalue weighted by molar-refractivity contribution is 0.438. The molecular formula is C15H17N3. The molecule has 1 aliphatic heterocycles. The molecule has 1 aliphatic rings. The van der Waals surface area contributed by atoms with E-state index < -0.39 is 0 Å². The van der Waals surface area contributed by atoms with E-state index >= 15 is 0 Å². The van der Waals surface area contributed by atoms with Crippen molar-refractivity contribution in [3.63, 3.8) is 0 Å². The molecule has 0 unspecified atom stereocenters.